The van der Waals surface area contributed by atoms with Crippen LogP contribution in [0.5, 0.6) is 11.5 Å². The number of anilines is 1. The van der Waals surface area contributed by atoms with Gasteiger partial charge in [-0.25, -0.2) is 4.98 Å². The van der Waals surface area contributed by atoms with Gasteiger partial charge in [0.2, 0.25) is 5.78 Å². The number of hydrogen-bond acceptors (Lipinski definition) is 6. The third kappa shape index (κ3) is 3.90. The first kappa shape index (κ1) is 19.3. The Morgan fingerprint density at radius 3 is 2.48 bits per heavy atom. The van der Waals surface area contributed by atoms with Gasteiger partial charge in [0.15, 0.2) is 5.76 Å². The van der Waals surface area contributed by atoms with Crippen LogP contribution in [0.3, 0.4) is 0 Å². The number of carbonyl (C=O) groups excluding carboxylic acids is 1. The zero-order valence-corrected chi connectivity index (χ0v) is 17.1. The summed E-state index contributed by atoms with van der Waals surface area (Å²) in [5, 5.41) is 10.5. The lowest BCUT2D eigenvalue weighted by molar-refractivity contribution is 0.101. The molecule has 0 spiro atoms. The lowest BCUT2D eigenvalue weighted by atomic mass is 10.0. The van der Waals surface area contributed by atoms with Crippen LogP contribution in [0.1, 0.15) is 21.5 Å². The first-order chi connectivity index (χ1) is 15.2. The number of Topliss-reactive ketones (excluding diaryl/α,β-unsaturated/α-hetero) is 1. The van der Waals surface area contributed by atoms with E-state index in [1.807, 2.05) is 54.7 Å². The SMILES string of the molecule is O=C1/C(=C/c2ccccc2)Oc2c1ccc(O)c2CN1CCN(c2ccccn2)CC1. The van der Waals surface area contributed by atoms with Crippen molar-refractivity contribution >= 4 is 17.7 Å². The van der Waals surface area contributed by atoms with Crippen LogP contribution < -0.4 is 9.64 Å². The molecule has 156 valence electrons. The zero-order chi connectivity index (χ0) is 21.2. The van der Waals surface area contributed by atoms with Crippen molar-refractivity contribution in [1.29, 1.82) is 0 Å². The van der Waals surface area contributed by atoms with E-state index in [9.17, 15) is 9.90 Å². The standard InChI is InChI=1S/C25H23N3O3/c29-21-10-9-19-24(30)22(16-18-6-2-1-3-7-18)31-25(19)20(21)17-27-12-14-28(15-13-27)23-8-4-5-11-26-23/h1-11,16,29H,12-15,17H2/b22-16-. The minimum absolute atomic E-state index is 0.152. The second-order valence-electron chi connectivity index (χ2n) is 7.74. The predicted octanol–water partition coefficient (Wildman–Crippen LogP) is 3.73. The molecule has 0 radical (unpaired) electrons. The molecule has 3 aromatic rings. The van der Waals surface area contributed by atoms with Crippen molar-refractivity contribution in [3.05, 3.63) is 89.3 Å². The number of piperazine rings is 1. The number of phenolic OH excluding ortho intramolecular Hbond substituents is 1. The second-order valence-corrected chi connectivity index (χ2v) is 7.74. The first-order valence-electron chi connectivity index (χ1n) is 10.4. The average Bonchev–Trinajstić information content (AvgIpc) is 3.13. The van der Waals surface area contributed by atoms with Gasteiger partial charge in [0.1, 0.15) is 17.3 Å². The number of fused-ring (bicyclic) bond motifs is 1. The summed E-state index contributed by atoms with van der Waals surface area (Å²) in [4.78, 5) is 21.8. The first-order valence-corrected chi connectivity index (χ1v) is 10.4. The van der Waals surface area contributed by atoms with Crippen LogP contribution in [0.4, 0.5) is 5.82 Å². The van der Waals surface area contributed by atoms with E-state index in [1.165, 1.54) is 0 Å². The Bertz CT molecular complexity index is 1120. The predicted molar refractivity (Wildman–Crippen MR) is 119 cm³/mol. The van der Waals surface area contributed by atoms with Crippen LogP contribution in [0.15, 0.2) is 72.6 Å². The topological polar surface area (TPSA) is 65.9 Å². The van der Waals surface area contributed by atoms with E-state index in [-0.39, 0.29) is 17.3 Å². The van der Waals surface area contributed by atoms with Gasteiger partial charge >= 0.3 is 0 Å². The van der Waals surface area contributed by atoms with Crippen LogP contribution in [0, 0.1) is 0 Å². The molecule has 0 atom stereocenters. The highest BCUT2D eigenvalue weighted by Gasteiger charge is 2.32. The summed E-state index contributed by atoms with van der Waals surface area (Å²) >= 11 is 0. The van der Waals surface area contributed by atoms with Crippen molar-refractivity contribution in [3.8, 4) is 11.5 Å². The van der Waals surface area contributed by atoms with Gasteiger partial charge in [0, 0.05) is 38.9 Å². The van der Waals surface area contributed by atoms with Gasteiger partial charge in [-0.1, -0.05) is 36.4 Å². The van der Waals surface area contributed by atoms with Crippen LogP contribution in [-0.4, -0.2) is 47.0 Å². The molecule has 1 aromatic heterocycles. The third-order valence-corrected chi connectivity index (χ3v) is 5.74. The number of nitrogens with zero attached hydrogens (tertiary/aromatic N) is 3. The van der Waals surface area contributed by atoms with E-state index >= 15 is 0 Å². The Labute approximate surface area is 181 Å². The Morgan fingerprint density at radius 2 is 1.74 bits per heavy atom. The van der Waals surface area contributed by atoms with Crippen LogP contribution in [-0.2, 0) is 6.54 Å². The smallest absolute Gasteiger partial charge is 0.231 e. The number of hydrogen-bond donors (Lipinski definition) is 1. The molecule has 3 heterocycles. The number of aromatic hydroxyl groups is 1. The molecule has 6 heteroatoms. The summed E-state index contributed by atoms with van der Waals surface area (Å²) in [6.45, 7) is 3.90. The number of rotatable bonds is 4. The molecule has 0 aliphatic carbocycles. The minimum Gasteiger partial charge on any atom is -0.507 e. The van der Waals surface area contributed by atoms with Crippen molar-refractivity contribution in [2.24, 2.45) is 0 Å². The minimum atomic E-state index is -0.153. The van der Waals surface area contributed by atoms with E-state index in [1.54, 1.807) is 18.2 Å². The van der Waals surface area contributed by atoms with E-state index in [4.69, 9.17) is 4.74 Å². The average molecular weight is 413 g/mol. The van der Waals surface area contributed by atoms with Crippen molar-refractivity contribution in [1.82, 2.24) is 9.88 Å². The number of aromatic nitrogens is 1. The van der Waals surface area contributed by atoms with E-state index < -0.39 is 0 Å². The normalized spacial score (nSPS) is 17.6. The highest BCUT2D eigenvalue weighted by Crippen LogP contribution is 2.40. The summed E-state index contributed by atoms with van der Waals surface area (Å²) in [6, 6.07) is 18.8. The summed E-state index contributed by atoms with van der Waals surface area (Å²) in [5.74, 6) is 1.74. The van der Waals surface area contributed by atoms with Crippen molar-refractivity contribution in [3.63, 3.8) is 0 Å². The fraction of sp³-hybridized carbons (Fsp3) is 0.200. The molecule has 1 saturated heterocycles. The van der Waals surface area contributed by atoms with E-state index in [0.29, 0.717) is 23.4 Å². The molecule has 2 aromatic carbocycles. The molecule has 31 heavy (non-hydrogen) atoms. The lowest BCUT2D eigenvalue weighted by Crippen LogP contribution is -2.46. The molecular formula is C25H23N3O3. The summed E-state index contributed by atoms with van der Waals surface area (Å²) in [6.07, 6.45) is 3.55. The van der Waals surface area contributed by atoms with E-state index in [2.05, 4.69) is 14.8 Å². The number of ketones is 1. The number of phenols is 1. The maximum atomic E-state index is 12.9. The van der Waals surface area contributed by atoms with Gasteiger partial charge in [-0.2, -0.15) is 0 Å². The fourth-order valence-electron chi connectivity index (χ4n) is 4.05. The summed E-state index contributed by atoms with van der Waals surface area (Å²) in [5.41, 5.74) is 2.06. The Balaban J connectivity index is 1.33. The van der Waals surface area contributed by atoms with E-state index in [0.717, 1.165) is 37.6 Å². The molecule has 1 N–H and O–H groups in total. The van der Waals surface area contributed by atoms with Crippen molar-refractivity contribution in [2.75, 3.05) is 31.1 Å². The zero-order valence-electron chi connectivity index (χ0n) is 17.1. The highest BCUT2D eigenvalue weighted by molar-refractivity contribution is 6.15. The fourth-order valence-corrected chi connectivity index (χ4v) is 4.05. The molecule has 2 aliphatic heterocycles. The highest BCUT2D eigenvalue weighted by atomic mass is 16.5. The van der Waals surface area contributed by atoms with Gasteiger partial charge in [0.05, 0.1) is 11.1 Å². The molecule has 0 saturated carbocycles. The number of ether oxygens (including phenoxy) is 1. The van der Waals surface area contributed by atoms with Gasteiger partial charge in [-0.3, -0.25) is 9.69 Å². The van der Waals surface area contributed by atoms with Crippen LogP contribution in [0.25, 0.3) is 6.08 Å². The number of benzene rings is 2. The largest absolute Gasteiger partial charge is 0.507 e. The van der Waals surface area contributed by atoms with Crippen molar-refractivity contribution in [2.45, 2.75) is 6.54 Å². The summed E-state index contributed by atoms with van der Waals surface area (Å²) in [7, 11) is 0. The molecule has 0 bridgehead atoms. The number of allylic oxidation sites excluding steroid dienone is 1. The van der Waals surface area contributed by atoms with Crippen LogP contribution in [0.2, 0.25) is 0 Å². The molecule has 0 amide bonds. The molecule has 2 aliphatic rings. The van der Waals surface area contributed by atoms with Gasteiger partial charge in [-0.15, -0.1) is 0 Å². The summed E-state index contributed by atoms with van der Waals surface area (Å²) < 4.78 is 5.97. The lowest BCUT2D eigenvalue weighted by Gasteiger charge is -2.35. The molecule has 5 rings (SSSR count). The maximum absolute atomic E-state index is 12.9. The molecule has 6 nitrogen and oxygen atoms in total. The molecule has 0 unspecified atom stereocenters. The Kier molecular flexibility index (Phi) is 5.14. The van der Waals surface area contributed by atoms with Gasteiger partial charge < -0.3 is 14.7 Å². The quantitative estimate of drug-likeness (QED) is 0.658. The molecule has 1 fully saturated rings. The van der Waals surface area contributed by atoms with Crippen molar-refractivity contribution < 1.29 is 14.6 Å². The Hall–Kier alpha value is -3.64. The maximum Gasteiger partial charge on any atom is 0.231 e. The monoisotopic (exact) mass is 413 g/mol. The Morgan fingerprint density at radius 1 is 0.968 bits per heavy atom. The van der Waals surface area contributed by atoms with Gasteiger partial charge in [-0.05, 0) is 35.9 Å². The second kappa shape index (κ2) is 8.24. The van der Waals surface area contributed by atoms with Crippen LogP contribution >= 0.6 is 0 Å². The molecular weight excluding hydrogens is 390 g/mol. The number of carbonyl (C=O) groups is 1. The van der Waals surface area contributed by atoms with Gasteiger partial charge in [0.25, 0.3) is 0 Å². The third-order valence-electron chi connectivity index (χ3n) is 5.74. The number of pyridine rings is 1.